The molecule has 3 heteroatoms. The molecule has 0 aromatic heterocycles. The minimum Gasteiger partial charge on any atom is -0.469 e. The number of rotatable bonds is 0. The van der Waals surface area contributed by atoms with Gasteiger partial charge < -0.3 is 4.74 Å². The smallest absolute Gasteiger partial charge is 0.302 e. The Labute approximate surface area is 47.6 Å². The van der Waals surface area contributed by atoms with Crippen molar-refractivity contribution in [1.29, 1.82) is 0 Å². The second-order valence-electron chi connectivity index (χ2n) is 0.696. The molecule has 0 spiro atoms. The second-order valence-corrected chi connectivity index (χ2v) is 0.696. The molecule has 2 nitrogen and oxygen atoms in total. The summed E-state index contributed by atoms with van der Waals surface area (Å²) in [6, 6.07) is 0. The van der Waals surface area contributed by atoms with Gasteiger partial charge in [0.2, 0.25) is 0 Å². The van der Waals surface area contributed by atoms with Crippen LogP contribution in [0.25, 0.3) is 0 Å². The maximum Gasteiger partial charge on any atom is 0.302 e. The van der Waals surface area contributed by atoms with E-state index in [-0.39, 0.29) is 23.3 Å². The van der Waals surface area contributed by atoms with Crippen molar-refractivity contribution in [2.45, 2.75) is 6.92 Å². The fourth-order valence-corrected chi connectivity index (χ4v) is 0. The number of esters is 1. The average molecular weight is 126 g/mol. The Morgan fingerprint density at radius 3 is 1.83 bits per heavy atom. The summed E-state index contributed by atoms with van der Waals surface area (Å²) in [7, 11) is 1.35. The third kappa shape index (κ3) is 9.00. The largest absolute Gasteiger partial charge is 0.469 e. The molecule has 0 N–H and O–H groups in total. The van der Waals surface area contributed by atoms with E-state index in [2.05, 4.69) is 4.74 Å². The summed E-state index contributed by atoms with van der Waals surface area (Å²) in [6.45, 7) is 1.36. The van der Waals surface area contributed by atoms with Crippen molar-refractivity contribution in [2.75, 3.05) is 7.11 Å². The summed E-state index contributed by atoms with van der Waals surface area (Å²) < 4.78 is 4.11. The van der Waals surface area contributed by atoms with Gasteiger partial charge in [-0.1, -0.05) is 0 Å². The molecule has 0 atom stereocenters. The van der Waals surface area contributed by atoms with Gasteiger partial charge in [-0.15, -0.1) is 0 Å². The van der Waals surface area contributed by atoms with Crippen molar-refractivity contribution >= 4 is 5.97 Å². The topological polar surface area (TPSA) is 26.3 Å². The molecular weight excluding hydrogens is 120 g/mol. The van der Waals surface area contributed by atoms with Crippen LogP contribution in [0.4, 0.5) is 0 Å². The SMILES string of the molecule is COC(C)=O.[Cr]. The van der Waals surface area contributed by atoms with Crippen molar-refractivity contribution in [3.05, 3.63) is 0 Å². The van der Waals surface area contributed by atoms with Crippen LogP contribution in [0.1, 0.15) is 6.92 Å². The van der Waals surface area contributed by atoms with E-state index in [0.29, 0.717) is 0 Å². The average Bonchev–Trinajstić information content (AvgIpc) is 1.38. The van der Waals surface area contributed by atoms with Crippen LogP contribution in [-0.4, -0.2) is 13.1 Å². The van der Waals surface area contributed by atoms with Crippen molar-refractivity contribution in [1.82, 2.24) is 0 Å². The molecule has 0 bridgehead atoms. The molecule has 0 aromatic carbocycles. The van der Waals surface area contributed by atoms with Crippen LogP contribution in [0.15, 0.2) is 0 Å². The molecule has 36 valence electrons. The maximum absolute atomic E-state index is 9.59. The Hall–Kier alpha value is 0.00247. The van der Waals surface area contributed by atoms with Gasteiger partial charge in [-0.3, -0.25) is 4.79 Å². The molecule has 0 aliphatic carbocycles. The number of hydrogen-bond acceptors (Lipinski definition) is 2. The molecule has 0 aliphatic heterocycles. The minimum atomic E-state index is -0.245. The van der Waals surface area contributed by atoms with E-state index in [9.17, 15) is 4.79 Å². The summed E-state index contributed by atoms with van der Waals surface area (Å²) >= 11 is 0. The minimum absolute atomic E-state index is 0. The molecule has 0 aliphatic rings. The summed E-state index contributed by atoms with van der Waals surface area (Å²) in [6.07, 6.45) is 0. The molecule has 0 amide bonds. The maximum atomic E-state index is 9.59. The molecule has 0 saturated heterocycles. The predicted octanol–water partition coefficient (Wildman–Crippen LogP) is 0.177. The summed E-state index contributed by atoms with van der Waals surface area (Å²) in [4.78, 5) is 9.59. The monoisotopic (exact) mass is 126 g/mol. The summed E-state index contributed by atoms with van der Waals surface area (Å²) in [5.74, 6) is -0.245. The van der Waals surface area contributed by atoms with Crippen LogP contribution < -0.4 is 0 Å². The standard InChI is InChI=1S/C3H6O2.Cr/c1-3(4)5-2;/h1-2H3;. The van der Waals surface area contributed by atoms with E-state index in [1.54, 1.807) is 0 Å². The normalized spacial score (nSPS) is 5.67. The molecule has 0 fully saturated rings. The molecule has 0 radical (unpaired) electrons. The van der Waals surface area contributed by atoms with Crippen molar-refractivity contribution in [3.8, 4) is 0 Å². The number of carbonyl (C=O) groups excluding carboxylic acids is 1. The Morgan fingerprint density at radius 1 is 1.67 bits per heavy atom. The third-order valence-corrected chi connectivity index (χ3v) is 0.287. The zero-order valence-corrected chi connectivity index (χ0v) is 5.00. The molecule has 0 unspecified atom stereocenters. The first-order chi connectivity index (χ1) is 2.27. The van der Waals surface area contributed by atoms with Gasteiger partial charge in [-0.05, 0) is 0 Å². The van der Waals surface area contributed by atoms with Crippen molar-refractivity contribution in [3.63, 3.8) is 0 Å². The Balaban J connectivity index is 0. The summed E-state index contributed by atoms with van der Waals surface area (Å²) in [5, 5.41) is 0. The molecule has 6 heavy (non-hydrogen) atoms. The summed E-state index contributed by atoms with van der Waals surface area (Å²) in [5.41, 5.74) is 0. The van der Waals surface area contributed by atoms with Crippen LogP contribution in [0.3, 0.4) is 0 Å². The first-order valence-corrected chi connectivity index (χ1v) is 1.32. The van der Waals surface area contributed by atoms with Gasteiger partial charge >= 0.3 is 5.97 Å². The van der Waals surface area contributed by atoms with E-state index < -0.39 is 0 Å². The van der Waals surface area contributed by atoms with E-state index in [1.165, 1.54) is 14.0 Å². The second kappa shape index (κ2) is 5.00. The Bertz CT molecular complexity index is 44.1. The molecule has 0 rings (SSSR count). The van der Waals surface area contributed by atoms with Crippen LogP contribution in [0.5, 0.6) is 0 Å². The zero-order chi connectivity index (χ0) is 4.28. The van der Waals surface area contributed by atoms with Crippen LogP contribution in [0, 0.1) is 0 Å². The Morgan fingerprint density at radius 2 is 1.83 bits per heavy atom. The van der Waals surface area contributed by atoms with Gasteiger partial charge in [-0.2, -0.15) is 0 Å². The van der Waals surface area contributed by atoms with Gasteiger partial charge in [0.05, 0.1) is 7.11 Å². The Kier molecular flexibility index (Phi) is 7.82. The predicted molar refractivity (Wildman–Crippen MR) is 17.7 cm³/mol. The van der Waals surface area contributed by atoms with Gasteiger partial charge in [-0.25, -0.2) is 0 Å². The third-order valence-electron chi connectivity index (χ3n) is 0.287. The molecule has 0 saturated carbocycles. The van der Waals surface area contributed by atoms with Gasteiger partial charge in [0, 0.05) is 24.3 Å². The fraction of sp³-hybridized carbons (Fsp3) is 0.667. The van der Waals surface area contributed by atoms with Crippen LogP contribution in [-0.2, 0) is 26.9 Å². The van der Waals surface area contributed by atoms with Crippen LogP contribution >= 0.6 is 0 Å². The van der Waals surface area contributed by atoms with E-state index >= 15 is 0 Å². The van der Waals surface area contributed by atoms with Crippen molar-refractivity contribution in [2.24, 2.45) is 0 Å². The van der Waals surface area contributed by atoms with Crippen LogP contribution in [0.2, 0.25) is 0 Å². The number of methoxy groups -OCH3 is 1. The number of ether oxygens (including phenoxy) is 1. The number of hydrogen-bond donors (Lipinski definition) is 0. The van der Waals surface area contributed by atoms with E-state index in [1.807, 2.05) is 0 Å². The molecule has 0 heterocycles. The number of carbonyl (C=O) groups is 1. The van der Waals surface area contributed by atoms with E-state index in [4.69, 9.17) is 0 Å². The quantitative estimate of drug-likeness (QED) is 0.432. The van der Waals surface area contributed by atoms with Gasteiger partial charge in [0.1, 0.15) is 0 Å². The van der Waals surface area contributed by atoms with Gasteiger partial charge in [0.15, 0.2) is 0 Å². The molecular formula is C3H6CrO2. The van der Waals surface area contributed by atoms with Crippen molar-refractivity contribution < 1.29 is 26.9 Å². The fourth-order valence-electron chi connectivity index (χ4n) is 0. The molecule has 0 aromatic rings. The first kappa shape index (κ1) is 9.38. The van der Waals surface area contributed by atoms with E-state index in [0.717, 1.165) is 0 Å². The van der Waals surface area contributed by atoms with Gasteiger partial charge in [0.25, 0.3) is 0 Å². The zero-order valence-electron chi connectivity index (χ0n) is 3.72. The first-order valence-electron chi connectivity index (χ1n) is 1.32.